The molecule has 4 rings (SSSR count). The van der Waals surface area contributed by atoms with Crippen LogP contribution in [0.3, 0.4) is 0 Å². The molecule has 0 bridgehead atoms. The first-order valence-electron chi connectivity index (χ1n) is 11.7. The number of aryl methyl sites for hydroxylation is 2. The van der Waals surface area contributed by atoms with E-state index >= 15 is 0 Å². The maximum atomic E-state index is 13.5. The average molecular weight is 451 g/mol. The predicted octanol–water partition coefficient (Wildman–Crippen LogP) is 3.01. The van der Waals surface area contributed by atoms with Crippen LogP contribution in [0, 0.1) is 13.8 Å². The number of fused-ring (bicyclic) bond motifs is 1. The van der Waals surface area contributed by atoms with Crippen molar-refractivity contribution in [1.29, 1.82) is 0 Å². The van der Waals surface area contributed by atoms with Gasteiger partial charge < -0.3 is 24.1 Å². The summed E-state index contributed by atoms with van der Waals surface area (Å²) in [4.78, 5) is 20.3. The van der Waals surface area contributed by atoms with Gasteiger partial charge in [-0.25, -0.2) is 4.98 Å². The summed E-state index contributed by atoms with van der Waals surface area (Å²) in [5, 5.41) is 3.36. The number of pyridine rings is 1. The Morgan fingerprint density at radius 2 is 1.97 bits per heavy atom. The standard InChI is InChI=1S/C26H34N4O3/c1-19-4-7-21(8-5-19)26-23(30-18-20(2)6-9-24(30)28-26)16-25(31)29(13-15-32-3)12-10-22-17-27-11-14-33-22/h4-9,18,22,27H,10-17H2,1-3H3. The van der Waals surface area contributed by atoms with Gasteiger partial charge in [0.05, 0.1) is 37.1 Å². The van der Waals surface area contributed by atoms with Crippen LogP contribution in [0.1, 0.15) is 23.2 Å². The number of ether oxygens (including phenoxy) is 2. The molecule has 0 saturated carbocycles. The third-order valence-electron chi connectivity index (χ3n) is 6.15. The molecule has 176 valence electrons. The molecule has 1 aromatic carbocycles. The van der Waals surface area contributed by atoms with Crippen molar-refractivity contribution >= 4 is 11.6 Å². The Hall–Kier alpha value is -2.74. The second-order valence-corrected chi connectivity index (χ2v) is 8.74. The molecule has 7 heteroatoms. The van der Waals surface area contributed by atoms with Gasteiger partial charge in [-0.05, 0) is 31.9 Å². The van der Waals surface area contributed by atoms with Gasteiger partial charge in [0, 0.05) is 45.0 Å². The largest absolute Gasteiger partial charge is 0.383 e. The molecule has 1 unspecified atom stereocenters. The number of carbonyl (C=O) groups is 1. The molecule has 1 saturated heterocycles. The number of hydrogen-bond donors (Lipinski definition) is 1. The van der Waals surface area contributed by atoms with Crippen LogP contribution in [-0.4, -0.2) is 72.8 Å². The Morgan fingerprint density at radius 3 is 2.70 bits per heavy atom. The second kappa shape index (κ2) is 10.9. The number of methoxy groups -OCH3 is 1. The summed E-state index contributed by atoms with van der Waals surface area (Å²) in [7, 11) is 1.67. The van der Waals surface area contributed by atoms with Crippen molar-refractivity contribution in [3.63, 3.8) is 0 Å². The predicted molar refractivity (Wildman–Crippen MR) is 129 cm³/mol. The molecule has 33 heavy (non-hydrogen) atoms. The molecule has 1 atom stereocenters. The number of nitrogens with one attached hydrogen (secondary N) is 1. The van der Waals surface area contributed by atoms with Crippen molar-refractivity contribution in [3.8, 4) is 11.3 Å². The number of hydrogen-bond acceptors (Lipinski definition) is 5. The number of aromatic nitrogens is 2. The third-order valence-corrected chi connectivity index (χ3v) is 6.15. The first-order chi connectivity index (χ1) is 16.0. The number of rotatable bonds is 9. The van der Waals surface area contributed by atoms with Gasteiger partial charge in [-0.1, -0.05) is 35.9 Å². The molecule has 1 N–H and O–H groups in total. The van der Waals surface area contributed by atoms with Crippen LogP contribution >= 0.6 is 0 Å². The lowest BCUT2D eigenvalue weighted by molar-refractivity contribution is -0.131. The van der Waals surface area contributed by atoms with Crippen molar-refractivity contribution in [1.82, 2.24) is 19.6 Å². The number of imidazole rings is 1. The monoisotopic (exact) mass is 450 g/mol. The van der Waals surface area contributed by atoms with E-state index < -0.39 is 0 Å². The number of nitrogens with zero attached hydrogens (tertiary/aromatic N) is 3. The number of morpholine rings is 1. The van der Waals surface area contributed by atoms with Crippen molar-refractivity contribution < 1.29 is 14.3 Å². The first kappa shape index (κ1) is 23.4. The molecule has 1 amide bonds. The highest BCUT2D eigenvalue weighted by Crippen LogP contribution is 2.26. The maximum Gasteiger partial charge on any atom is 0.228 e. The van der Waals surface area contributed by atoms with Gasteiger partial charge in [-0.15, -0.1) is 0 Å². The number of carbonyl (C=O) groups excluding carboxylic acids is 1. The molecular formula is C26H34N4O3. The smallest absolute Gasteiger partial charge is 0.228 e. The fraction of sp³-hybridized carbons (Fsp3) is 0.462. The Labute approximate surface area is 195 Å². The minimum Gasteiger partial charge on any atom is -0.383 e. The van der Waals surface area contributed by atoms with E-state index in [0.29, 0.717) is 19.7 Å². The van der Waals surface area contributed by atoms with Crippen molar-refractivity contribution in [2.45, 2.75) is 32.8 Å². The Morgan fingerprint density at radius 1 is 1.18 bits per heavy atom. The van der Waals surface area contributed by atoms with Crippen molar-refractivity contribution in [2.75, 3.05) is 46.5 Å². The van der Waals surface area contributed by atoms with Crippen LogP contribution in [0.15, 0.2) is 42.6 Å². The summed E-state index contributed by atoms with van der Waals surface area (Å²) in [6.07, 6.45) is 3.28. The summed E-state index contributed by atoms with van der Waals surface area (Å²) >= 11 is 0. The van der Waals surface area contributed by atoms with Gasteiger partial charge in [-0.3, -0.25) is 4.79 Å². The van der Waals surface area contributed by atoms with Gasteiger partial charge in [0.2, 0.25) is 5.91 Å². The van der Waals surface area contributed by atoms with Gasteiger partial charge in [0.25, 0.3) is 0 Å². The molecule has 1 aliphatic rings. The lowest BCUT2D eigenvalue weighted by Gasteiger charge is -2.28. The lowest BCUT2D eigenvalue weighted by atomic mass is 10.1. The minimum atomic E-state index is 0.0764. The highest BCUT2D eigenvalue weighted by molar-refractivity contribution is 5.81. The normalized spacial score (nSPS) is 16.3. The van der Waals surface area contributed by atoms with E-state index in [1.807, 2.05) is 11.0 Å². The SMILES string of the molecule is COCCN(CCC1CNCCO1)C(=O)Cc1c(-c2ccc(C)cc2)nc2ccc(C)cn12. The summed E-state index contributed by atoms with van der Waals surface area (Å²) < 4.78 is 13.2. The van der Waals surface area contributed by atoms with Gasteiger partial charge in [0.1, 0.15) is 5.65 Å². The molecule has 1 fully saturated rings. The van der Waals surface area contributed by atoms with Crippen molar-refractivity contribution in [2.24, 2.45) is 0 Å². The van der Waals surface area contributed by atoms with Gasteiger partial charge >= 0.3 is 0 Å². The van der Waals surface area contributed by atoms with E-state index in [1.165, 1.54) is 5.56 Å². The summed E-state index contributed by atoms with van der Waals surface area (Å²) in [6, 6.07) is 12.4. The Kier molecular flexibility index (Phi) is 7.75. The summed E-state index contributed by atoms with van der Waals surface area (Å²) in [5.74, 6) is 0.0764. The molecule has 3 aromatic rings. The fourth-order valence-corrected chi connectivity index (χ4v) is 4.23. The third kappa shape index (κ3) is 5.79. The van der Waals surface area contributed by atoms with E-state index in [9.17, 15) is 4.79 Å². The van der Waals surface area contributed by atoms with Crippen LogP contribution in [0.25, 0.3) is 16.9 Å². The van der Waals surface area contributed by atoms with Crippen LogP contribution < -0.4 is 5.32 Å². The quantitative estimate of drug-likeness (QED) is 0.543. The molecule has 0 spiro atoms. The molecular weight excluding hydrogens is 416 g/mol. The summed E-state index contributed by atoms with van der Waals surface area (Å²) in [6.45, 7) is 8.27. The lowest BCUT2D eigenvalue weighted by Crippen LogP contribution is -2.42. The Bertz CT molecular complexity index is 1070. The number of benzene rings is 1. The highest BCUT2D eigenvalue weighted by atomic mass is 16.5. The number of amides is 1. The van der Waals surface area contributed by atoms with Crippen LogP contribution in [-0.2, 0) is 20.7 Å². The van der Waals surface area contributed by atoms with Gasteiger partial charge in [0.15, 0.2) is 0 Å². The molecule has 1 aliphatic heterocycles. The van der Waals surface area contributed by atoms with E-state index in [-0.39, 0.29) is 18.4 Å². The van der Waals surface area contributed by atoms with E-state index in [2.05, 4.69) is 60.1 Å². The highest BCUT2D eigenvalue weighted by Gasteiger charge is 2.22. The van der Waals surface area contributed by atoms with Gasteiger partial charge in [-0.2, -0.15) is 0 Å². The minimum absolute atomic E-state index is 0.0764. The average Bonchev–Trinajstić information content (AvgIpc) is 3.17. The second-order valence-electron chi connectivity index (χ2n) is 8.74. The zero-order valence-corrected chi connectivity index (χ0v) is 19.8. The summed E-state index contributed by atoms with van der Waals surface area (Å²) in [5.41, 5.74) is 5.98. The van der Waals surface area contributed by atoms with E-state index in [4.69, 9.17) is 14.5 Å². The molecule has 0 radical (unpaired) electrons. The maximum absolute atomic E-state index is 13.5. The van der Waals surface area contributed by atoms with Crippen LogP contribution in [0.4, 0.5) is 0 Å². The van der Waals surface area contributed by atoms with E-state index in [1.54, 1.807) is 7.11 Å². The fourth-order valence-electron chi connectivity index (χ4n) is 4.23. The van der Waals surface area contributed by atoms with Crippen LogP contribution in [0.2, 0.25) is 0 Å². The first-order valence-corrected chi connectivity index (χ1v) is 11.7. The zero-order valence-electron chi connectivity index (χ0n) is 19.8. The van der Waals surface area contributed by atoms with Crippen LogP contribution in [0.5, 0.6) is 0 Å². The molecule has 3 heterocycles. The Balaban J connectivity index is 1.60. The topological polar surface area (TPSA) is 68.1 Å². The molecule has 2 aromatic heterocycles. The molecule has 7 nitrogen and oxygen atoms in total. The van der Waals surface area contributed by atoms with E-state index in [0.717, 1.165) is 54.3 Å². The zero-order chi connectivity index (χ0) is 23.2. The molecule has 0 aliphatic carbocycles. The van der Waals surface area contributed by atoms with Crippen molar-refractivity contribution in [3.05, 3.63) is 59.4 Å².